The van der Waals surface area contributed by atoms with Gasteiger partial charge in [0.15, 0.2) is 11.9 Å². The van der Waals surface area contributed by atoms with E-state index in [0.717, 1.165) is 0 Å². The van der Waals surface area contributed by atoms with E-state index in [9.17, 15) is 14.4 Å². The summed E-state index contributed by atoms with van der Waals surface area (Å²) in [5.74, 6) is -1.29. The number of hydrogen-bond acceptors (Lipinski definition) is 4. The second-order valence-corrected chi connectivity index (χ2v) is 5.56. The van der Waals surface area contributed by atoms with E-state index >= 15 is 0 Å². The summed E-state index contributed by atoms with van der Waals surface area (Å²) in [6.45, 7) is 2.90. The third-order valence-electron chi connectivity index (χ3n) is 3.28. The van der Waals surface area contributed by atoms with Gasteiger partial charge in [-0.2, -0.15) is 0 Å². The molecule has 5 nitrogen and oxygen atoms in total. The van der Waals surface area contributed by atoms with Gasteiger partial charge in [0.25, 0.3) is 5.91 Å². The van der Waals surface area contributed by atoms with Crippen LogP contribution in [-0.4, -0.2) is 23.8 Å². The van der Waals surface area contributed by atoms with Crippen LogP contribution < -0.4 is 5.32 Å². The number of benzene rings is 2. The second kappa shape index (κ2) is 7.75. The lowest BCUT2D eigenvalue weighted by atomic mass is 10.1. The highest BCUT2D eigenvalue weighted by atomic mass is 35.5. The molecule has 1 unspecified atom stereocenters. The molecule has 124 valence electrons. The number of rotatable bonds is 5. The van der Waals surface area contributed by atoms with Gasteiger partial charge in [-0.1, -0.05) is 35.9 Å². The fourth-order valence-corrected chi connectivity index (χ4v) is 2.18. The number of anilines is 1. The number of hydrogen-bond donors (Lipinski definition) is 1. The van der Waals surface area contributed by atoms with Crippen molar-refractivity contribution in [3.05, 3.63) is 64.7 Å². The molecule has 0 spiro atoms. The standard InChI is InChI=1S/C18H16ClNO4/c1-11(21)13-6-5-7-14(10-13)20-17(22)12(2)24-18(23)15-8-3-4-9-16(15)19/h3-10,12H,1-2H3,(H,20,22). The molecule has 1 atom stereocenters. The minimum absolute atomic E-state index is 0.107. The molecule has 0 aliphatic rings. The predicted molar refractivity (Wildman–Crippen MR) is 91.4 cm³/mol. The van der Waals surface area contributed by atoms with Crippen LogP contribution in [-0.2, 0) is 9.53 Å². The SMILES string of the molecule is CC(=O)c1cccc(NC(=O)C(C)OC(=O)c2ccccc2Cl)c1. The highest BCUT2D eigenvalue weighted by Gasteiger charge is 2.20. The lowest BCUT2D eigenvalue weighted by molar-refractivity contribution is -0.123. The highest BCUT2D eigenvalue weighted by molar-refractivity contribution is 6.33. The Morgan fingerprint density at radius 2 is 1.79 bits per heavy atom. The minimum Gasteiger partial charge on any atom is -0.449 e. The average molecular weight is 346 g/mol. The second-order valence-electron chi connectivity index (χ2n) is 5.15. The molecular formula is C18H16ClNO4. The first-order valence-corrected chi connectivity index (χ1v) is 7.63. The van der Waals surface area contributed by atoms with E-state index in [2.05, 4.69) is 5.32 Å². The van der Waals surface area contributed by atoms with Crippen molar-refractivity contribution >= 4 is 34.9 Å². The number of carbonyl (C=O) groups is 3. The van der Waals surface area contributed by atoms with Crippen LogP contribution in [0.1, 0.15) is 34.6 Å². The zero-order chi connectivity index (χ0) is 17.7. The Balaban J connectivity index is 2.02. The van der Waals surface area contributed by atoms with E-state index in [1.165, 1.54) is 19.9 Å². The zero-order valence-electron chi connectivity index (χ0n) is 13.2. The third kappa shape index (κ3) is 4.43. The number of Topliss-reactive ketones (excluding diaryl/α,β-unsaturated/α-hetero) is 1. The van der Waals surface area contributed by atoms with Crippen molar-refractivity contribution in [2.24, 2.45) is 0 Å². The Bertz CT molecular complexity index is 788. The van der Waals surface area contributed by atoms with Crippen LogP contribution in [0.4, 0.5) is 5.69 Å². The molecule has 24 heavy (non-hydrogen) atoms. The summed E-state index contributed by atoms with van der Waals surface area (Å²) in [5.41, 5.74) is 1.12. The fourth-order valence-electron chi connectivity index (χ4n) is 1.96. The molecular weight excluding hydrogens is 330 g/mol. The predicted octanol–water partition coefficient (Wildman–Crippen LogP) is 3.73. The summed E-state index contributed by atoms with van der Waals surface area (Å²) in [4.78, 5) is 35.5. The van der Waals surface area contributed by atoms with E-state index in [4.69, 9.17) is 16.3 Å². The van der Waals surface area contributed by atoms with Crippen molar-refractivity contribution in [2.45, 2.75) is 20.0 Å². The van der Waals surface area contributed by atoms with Gasteiger partial charge < -0.3 is 10.1 Å². The van der Waals surface area contributed by atoms with Crippen LogP contribution in [0.25, 0.3) is 0 Å². The summed E-state index contributed by atoms with van der Waals surface area (Å²) in [7, 11) is 0. The van der Waals surface area contributed by atoms with Gasteiger partial charge in [-0.15, -0.1) is 0 Å². The molecule has 0 aliphatic heterocycles. The monoisotopic (exact) mass is 345 g/mol. The van der Waals surface area contributed by atoms with Crippen LogP contribution in [0.15, 0.2) is 48.5 Å². The van der Waals surface area contributed by atoms with Crippen molar-refractivity contribution in [3.63, 3.8) is 0 Å². The van der Waals surface area contributed by atoms with E-state index in [-0.39, 0.29) is 16.4 Å². The van der Waals surface area contributed by atoms with Crippen molar-refractivity contribution in [3.8, 4) is 0 Å². The topological polar surface area (TPSA) is 72.5 Å². The number of ketones is 1. The number of nitrogens with one attached hydrogen (secondary N) is 1. The molecule has 1 N–H and O–H groups in total. The molecule has 0 radical (unpaired) electrons. The molecule has 2 aromatic rings. The molecule has 0 saturated carbocycles. The lowest BCUT2D eigenvalue weighted by Crippen LogP contribution is -2.30. The lowest BCUT2D eigenvalue weighted by Gasteiger charge is -2.14. The first-order valence-electron chi connectivity index (χ1n) is 7.26. The summed E-state index contributed by atoms with van der Waals surface area (Å²) in [6, 6.07) is 12.9. The fraction of sp³-hybridized carbons (Fsp3) is 0.167. The first-order chi connectivity index (χ1) is 11.4. The van der Waals surface area contributed by atoms with Gasteiger partial charge in [-0.3, -0.25) is 9.59 Å². The average Bonchev–Trinajstić information content (AvgIpc) is 2.55. The Hall–Kier alpha value is -2.66. The molecule has 0 heterocycles. The van der Waals surface area contributed by atoms with Crippen LogP contribution in [0.3, 0.4) is 0 Å². The van der Waals surface area contributed by atoms with Crippen molar-refractivity contribution < 1.29 is 19.1 Å². The third-order valence-corrected chi connectivity index (χ3v) is 3.61. The van der Waals surface area contributed by atoms with Crippen LogP contribution in [0.5, 0.6) is 0 Å². The quantitative estimate of drug-likeness (QED) is 0.662. The molecule has 2 rings (SSSR count). The maximum absolute atomic E-state index is 12.1. The largest absolute Gasteiger partial charge is 0.449 e. The zero-order valence-corrected chi connectivity index (χ0v) is 14.0. The van der Waals surface area contributed by atoms with Crippen LogP contribution >= 0.6 is 11.6 Å². The Morgan fingerprint density at radius 1 is 1.08 bits per heavy atom. The molecule has 0 aromatic heterocycles. The summed E-state index contributed by atoms with van der Waals surface area (Å²) < 4.78 is 5.13. The Kier molecular flexibility index (Phi) is 5.71. The Morgan fingerprint density at radius 3 is 2.46 bits per heavy atom. The summed E-state index contributed by atoms with van der Waals surface area (Å²) >= 11 is 5.93. The van der Waals surface area contributed by atoms with Gasteiger partial charge in [0.1, 0.15) is 0 Å². The van der Waals surface area contributed by atoms with E-state index in [1.807, 2.05) is 0 Å². The maximum atomic E-state index is 12.1. The normalized spacial score (nSPS) is 11.5. The molecule has 0 fully saturated rings. The van der Waals surface area contributed by atoms with Gasteiger partial charge in [0.05, 0.1) is 10.6 Å². The van der Waals surface area contributed by atoms with Gasteiger partial charge in [-0.25, -0.2) is 4.79 Å². The molecule has 6 heteroatoms. The van der Waals surface area contributed by atoms with Crippen LogP contribution in [0, 0.1) is 0 Å². The Labute approximate surface area is 144 Å². The van der Waals surface area contributed by atoms with E-state index in [1.54, 1.807) is 42.5 Å². The van der Waals surface area contributed by atoms with Crippen LogP contribution in [0.2, 0.25) is 5.02 Å². The van der Waals surface area contributed by atoms with Crippen molar-refractivity contribution in [1.82, 2.24) is 0 Å². The smallest absolute Gasteiger partial charge is 0.340 e. The van der Waals surface area contributed by atoms with Crippen molar-refractivity contribution in [2.75, 3.05) is 5.32 Å². The maximum Gasteiger partial charge on any atom is 0.340 e. The van der Waals surface area contributed by atoms with E-state index < -0.39 is 18.0 Å². The number of ether oxygens (including phenoxy) is 1. The number of carbonyl (C=O) groups excluding carboxylic acids is 3. The summed E-state index contributed by atoms with van der Waals surface area (Å²) in [5, 5.41) is 2.86. The molecule has 2 aromatic carbocycles. The molecule has 1 amide bonds. The van der Waals surface area contributed by atoms with Gasteiger partial charge in [0, 0.05) is 11.3 Å². The van der Waals surface area contributed by atoms with Gasteiger partial charge >= 0.3 is 5.97 Å². The highest BCUT2D eigenvalue weighted by Crippen LogP contribution is 2.17. The molecule has 0 bridgehead atoms. The number of halogens is 1. The number of amides is 1. The van der Waals surface area contributed by atoms with Gasteiger partial charge in [-0.05, 0) is 38.1 Å². The first kappa shape index (κ1) is 17.7. The van der Waals surface area contributed by atoms with E-state index in [0.29, 0.717) is 11.3 Å². The minimum atomic E-state index is -1.02. The molecule has 0 aliphatic carbocycles. The number of esters is 1. The van der Waals surface area contributed by atoms with Crippen molar-refractivity contribution in [1.29, 1.82) is 0 Å². The summed E-state index contributed by atoms with van der Waals surface area (Å²) in [6.07, 6.45) is -1.02. The molecule has 0 saturated heterocycles. The van der Waals surface area contributed by atoms with Gasteiger partial charge in [0.2, 0.25) is 0 Å².